The van der Waals surface area contributed by atoms with Crippen LogP contribution < -0.4 is 15.4 Å². The van der Waals surface area contributed by atoms with Gasteiger partial charge in [0.15, 0.2) is 5.75 Å². The zero-order valence-corrected chi connectivity index (χ0v) is 15.2. The van der Waals surface area contributed by atoms with Gasteiger partial charge in [-0.1, -0.05) is 23.2 Å². The summed E-state index contributed by atoms with van der Waals surface area (Å²) in [6, 6.07) is 3.29. The van der Waals surface area contributed by atoms with Gasteiger partial charge in [0.1, 0.15) is 6.61 Å². The largest absolute Gasteiger partial charge is 0.488 e. The van der Waals surface area contributed by atoms with Crippen molar-refractivity contribution in [3.63, 3.8) is 0 Å². The van der Waals surface area contributed by atoms with E-state index >= 15 is 0 Å². The zero-order chi connectivity index (χ0) is 15.9. The Bertz CT molecular complexity index is 500. The van der Waals surface area contributed by atoms with Crippen molar-refractivity contribution in [1.82, 2.24) is 5.32 Å². The monoisotopic (exact) mass is 382 g/mol. The number of piperidine rings is 1. The third kappa shape index (κ3) is 6.01. The summed E-state index contributed by atoms with van der Waals surface area (Å²) in [5.41, 5.74) is 0.581. The van der Waals surface area contributed by atoms with Gasteiger partial charge in [-0.2, -0.15) is 0 Å². The van der Waals surface area contributed by atoms with Gasteiger partial charge in [-0.3, -0.25) is 4.79 Å². The molecule has 1 saturated heterocycles. The molecule has 1 heterocycles. The summed E-state index contributed by atoms with van der Waals surface area (Å²) in [5.74, 6) is 0.429. The van der Waals surface area contributed by atoms with E-state index in [-0.39, 0.29) is 24.2 Å². The first-order valence-corrected chi connectivity index (χ1v) is 7.99. The molecule has 1 fully saturated rings. The van der Waals surface area contributed by atoms with Crippen molar-refractivity contribution in [2.45, 2.75) is 12.8 Å². The number of anilines is 1. The molecule has 0 saturated carbocycles. The average Bonchev–Trinajstić information content (AvgIpc) is 2.51. The van der Waals surface area contributed by atoms with E-state index in [1.54, 1.807) is 19.2 Å². The van der Waals surface area contributed by atoms with Gasteiger partial charge in [-0.05, 0) is 38.1 Å². The molecule has 130 valence electrons. The first kappa shape index (κ1) is 20.3. The van der Waals surface area contributed by atoms with Crippen LogP contribution in [0.3, 0.4) is 0 Å². The molecule has 1 aliphatic heterocycles. The predicted octanol–water partition coefficient (Wildman–Crippen LogP) is 3.38. The van der Waals surface area contributed by atoms with Crippen LogP contribution in [0.1, 0.15) is 12.8 Å². The van der Waals surface area contributed by atoms with Crippen molar-refractivity contribution >= 4 is 47.2 Å². The highest BCUT2D eigenvalue weighted by molar-refractivity contribution is 6.37. The van der Waals surface area contributed by atoms with Gasteiger partial charge in [0, 0.05) is 18.7 Å². The summed E-state index contributed by atoms with van der Waals surface area (Å²) in [6.07, 6.45) is 1.68. The van der Waals surface area contributed by atoms with Gasteiger partial charge >= 0.3 is 0 Å². The summed E-state index contributed by atoms with van der Waals surface area (Å²) in [7, 11) is 1.59. The average molecular weight is 384 g/mol. The van der Waals surface area contributed by atoms with E-state index in [0.717, 1.165) is 25.9 Å². The smallest absolute Gasteiger partial charge is 0.227 e. The second kappa shape index (κ2) is 10.2. The van der Waals surface area contributed by atoms with Crippen molar-refractivity contribution in [3.05, 3.63) is 22.2 Å². The highest BCUT2D eigenvalue weighted by atomic mass is 35.5. The van der Waals surface area contributed by atoms with Gasteiger partial charge in [-0.25, -0.2) is 0 Å². The van der Waals surface area contributed by atoms with Crippen LogP contribution >= 0.6 is 35.6 Å². The second-order valence-corrected chi connectivity index (χ2v) is 5.94. The molecule has 5 nitrogen and oxygen atoms in total. The molecule has 23 heavy (non-hydrogen) atoms. The van der Waals surface area contributed by atoms with Crippen LogP contribution in [0, 0.1) is 5.92 Å². The summed E-state index contributed by atoms with van der Waals surface area (Å²) in [4.78, 5) is 12.2. The molecule has 0 aromatic heterocycles. The van der Waals surface area contributed by atoms with Crippen molar-refractivity contribution in [3.8, 4) is 5.75 Å². The molecule has 8 heteroatoms. The Balaban J connectivity index is 0.00000264. The Morgan fingerprint density at radius 2 is 1.87 bits per heavy atom. The van der Waals surface area contributed by atoms with E-state index in [1.807, 2.05) is 0 Å². The minimum absolute atomic E-state index is 0. The number of carbonyl (C=O) groups excluding carboxylic acids is 1. The number of ether oxygens (including phenoxy) is 2. The molecule has 2 rings (SSSR count). The maximum atomic E-state index is 12.2. The predicted molar refractivity (Wildman–Crippen MR) is 95.3 cm³/mol. The minimum Gasteiger partial charge on any atom is -0.488 e. The van der Waals surface area contributed by atoms with Crippen LogP contribution in [-0.2, 0) is 9.53 Å². The third-order valence-electron chi connectivity index (χ3n) is 3.51. The van der Waals surface area contributed by atoms with Gasteiger partial charge in [0.2, 0.25) is 5.91 Å². The standard InChI is InChI=1S/C15H20Cl2N2O3.ClH/c1-21-6-7-22-14-12(16)8-11(9-13(14)17)19-15(20)10-2-4-18-5-3-10;/h8-10,18H,2-7H2,1H3,(H,19,20);1H. The summed E-state index contributed by atoms with van der Waals surface area (Å²) < 4.78 is 10.4. The normalized spacial score (nSPS) is 14.9. The fourth-order valence-corrected chi connectivity index (χ4v) is 2.92. The number of hydrogen-bond acceptors (Lipinski definition) is 4. The molecule has 1 aromatic carbocycles. The molecule has 0 spiro atoms. The molecule has 0 unspecified atom stereocenters. The molecule has 0 aliphatic carbocycles. The van der Waals surface area contributed by atoms with Crippen molar-refractivity contribution in [1.29, 1.82) is 0 Å². The quantitative estimate of drug-likeness (QED) is 0.739. The van der Waals surface area contributed by atoms with Gasteiger partial charge < -0.3 is 20.1 Å². The van der Waals surface area contributed by atoms with Crippen LogP contribution in [0.25, 0.3) is 0 Å². The second-order valence-electron chi connectivity index (χ2n) is 5.12. The Kier molecular flexibility index (Phi) is 9.02. The van der Waals surface area contributed by atoms with Gasteiger partial charge in [-0.15, -0.1) is 12.4 Å². The number of halogens is 3. The maximum Gasteiger partial charge on any atom is 0.227 e. The van der Waals surface area contributed by atoms with Crippen LogP contribution in [0.4, 0.5) is 5.69 Å². The Morgan fingerprint density at radius 3 is 2.43 bits per heavy atom. The first-order valence-electron chi connectivity index (χ1n) is 7.24. The van der Waals surface area contributed by atoms with Crippen LogP contribution in [-0.4, -0.2) is 39.3 Å². The molecule has 0 bridgehead atoms. The number of carbonyl (C=O) groups is 1. The molecular formula is C15H21Cl3N2O3. The number of amides is 1. The third-order valence-corrected chi connectivity index (χ3v) is 4.07. The minimum atomic E-state index is 0. The topological polar surface area (TPSA) is 59.6 Å². The van der Waals surface area contributed by atoms with E-state index in [2.05, 4.69) is 10.6 Å². The summed E-state index contributed by atoms with van der Waals surface area (Å²) in [5, 5.41) is 6.84. The first-order chi connectivity index (χ1) is 10.6. The maximum absolute atomic E-state index is 12.2. The summed E-state index contributed by atoms with van der Waals surface area (Å²) >= 11 is 12.3. The van der Waals surface area contributed by atoms with E-state index in [9.17, 15) is 4.79 Å². The SMILES string of the molecule is COCCOc1c(Cl)cc(NC(=O)C2CCNCC2)cc1Cl.Cl. The number of hydrogen-bond donors (Lipinski definition) is 2. The lowest BCUT2D eigenvalue weighted by Crippen LogP contribution is -2.34. The molecular weight excluding hydrogens is 363 g/mol. The van der Waals surface area contributed by atoms with Crippen LogP contribution in [0.2, 0.25) is 10.0 Å². The van der Waals surface area contributed by atoms with Crippen LogP contribution in [0.15, 0.2) is 12.1 Å². The number of nitrogens with one attached hydrogen (secondary N) is 2. The molecule has 1 amide bonds. The van der Waals surface area contributed by atoms with Gasteiger partial charge in [0.05, 0.1) is 16.7 Å². The van der Waals surface area contributed by atoms with E-state index < -0.39 is 0 Å². The fraction of sp³-hybridized carbons (Fsp3) is 0.533. The fourth-order valence-electron chi connectivity index (χ4n) is 2.33. The van der Waals surface area contributed by atoms with Crippen molar-refractivity contribution in [2.24, 2.45) is 5.92 Å². The molecule has 1 aromatic rings. The highest BCUT2D eigenvalue weighted by Crippen LogP contribution is 2.36. The highest BCUT2D eigenvalue weighted by Gasteiger charge is 2.21. The molecule has 1 aliphatic rings. The Morgan fingerprint density at radius 1 is 1.26 bits per heavy atom. The Labute approximate surface area is 152 Å². The lowest BCUT2D eigenvalue weighted by molar-refractivity contribution is -0.120. The van der Waals surface area contributed by atoms with Gasteiger partial charge in [0.25, 0.3) is 0 Å². The Hall–Kier alpha value is -0.720. The van der Waals surface area contributed by atoms with E-state index in [0.29, 0.717) is 34.7 Å². The zero-order valence-electron chi connectivity index (χ0n) is 12.9. The number of rotatable bonds is 6. The summed E-state index contributed by atoms with van der Waals surface area (Å²) in [6.45, 7) is 2.54. The lowest BCUT2D eigenvalue weighted by Gasteiger charge is -2.22. The number of methoxy groups -OCH3 is 1. The molecule has 0 radical (unpaired) electrons. The number of benzene rings is 1. The molecule has 2 N–H and O–H groups in total. The van der Waals surface area contributed by atoms with Crippen molar-refractivity contribution < 1.29 is 14.3 Å². The van der Waals surface area contributed by atoms with Crippen molar-refractivity contribution in [2.75, 3.05) is 38.7 Å². The van der Waals surface area contributed by atoms with Crippen LogP contribution in [0.5, 0.6) is 5.75 Å². The molecule has 0 atom stereocenters. The van der Waals surface area contributed by atoms with E-state index in [1.165, 1.54) is 0 Å². The van der Waals surface area contributed by atoms with E-state index in [4.69, 9.17) is 32.7 Å². The lowest BCUT2D eigenvalue weighted by atomic mass is 9.97.